The van der Waals surface area contributed by atoms with Crippen LogP contribution in [-0.2, 0) is 22.5 Å². The van der Waals surface area contributed by atoms with E-state index in [-0.39, 0.29) is 18.1 Å². The molecule has 0 saturated carbocycles. The first-order valence-corrected chi connectivity index (χ1v) is 7.09. The van der Waals surface area contributed by atoms with Gasteiger partial charge in [-0.3, -0.25) is 9.48 Å². The van der Waals surface area contributed by atoms with Crippen molar-refractivity contribution in [3.05, 3.63) is 47.0 Å². The van der Waals surface area contributed by atoms with Crippen LogP contribution >= 0.6 is 0 Å². The van der Waals surface area contributed by atoms with E-state index < -0.39 is 0 Å². The van der Waals surface area contributed by atoms with Crippen LogP contribution in [-0.4, -0.2) is 29.4 Å². The number of hydrogen-bond donors (Lipinski definition) is 1. The van der Waals surface area contributed by atoms with Crippen LogP contribution in [0.1, 0.15) is 17.0 Å². The quantitative estimate of drug-likeness (QED) is 0.892. The Bertz CT molecular complexity index is 667. The van der Waals surface area contributed by atoms with Crippen LogP contribution < -0.4 is 5.32 Å². The van der Waals surface area contributed by atoms with Crippen molar-refractivity contribution in [3.8, 4) is 0 Å². The summed E-state index contributed by atoms with van der Waals surface area (Å²) in [6.45, 7) is 4.88. The highest BCUT2D eigenvalue weighted by atomic mass is 19.1. The Labute approximate surface area is 129 Å². The van der Waals surface area contributed by atoms with E-state index in [9.17, 15) is 9.18 Å². The molecule has 0 aliphatic rings. The monoisotopic (exact) mass is 305 g/mol. The number of methoxy groups -OCH3 is 1. The number of rotatable bonds is 6. The molecule has 118 valence electrons. The van der Waals surface area contributed by atoms with Gasteiger partial charge in [0.1, 0.15) is 5.82 Å². The van der Waals surface area contributed by atoms with Gasteiger partial charge in [0.2, 0.25) is 5.91 Å². The summed E-state index contributed by atoms with van der Waals surface area (Å²) in [5.74, 6) is -0.635. The average molecular weight is 305 g/mol. The number of nitrogens with zero attached hydrogens (tertiary/aromatic N) is 2. The van der Waals surface area contributed by atoms with Gasteiger partial charge in [0, 0.05) is 7.11 Å². The van der Waals surface area contributed by atoms with Crippen LogP contribution in [0.25, 0.3) is 0 Å². The first kappa shape index (κ1) is 16.2. The van der Waals surface area contributed by atoms with E-state index in [1.807, 2.05) is 13.8 Å². The van der Waals surface area contributed by atoms with Gasteiger partial charge >= 0.3 is 0 Å². The third-order valence-electron chi connectivity index (χ3n) is 3.46. The molecule has 0 radical (unpaired) electrons. The van der Waals surface area contributed by atoms with Gasteiger partial charge in [0.05, 0.1) is 36.6 Å². The van der Waals surface area contributed by atoms with E-state index in [0.29, 0.717) is 24.4 Å². The highest BCUT2D eigenvalue weighted by Crippen LogP contribution is 2.20. The highest BCUT2D eigenvalue weighted by molar-refractivity contribution is 5.93. The second kappa shape index (κ2) is 7.17. The number of carbonyl (C=O) groups excluding carboxylic acids is 1. The number of nitrogens with one attached hydrogen (secondary N) is 1. The number of amides is 1. The summed E-state index contributed by atoms with van der Waals surface area (Å²) in [5, 5.41) is 7.19. The van der Waals surface area contributed by atoms with Crippen LogP contribution in [0.2, 0.25) is 0 Å². The SMILES string of the molecule is COCCn1nc(C)c(NC(=O)Cc2ccccc2F)c1C. The maximum absolute atomic E-state index is 13.6. The molecule has 1 N–H and O–H groups in total. The number of aryl methyl sites for hydroxylation is 1. The van der Waals surface area contributed by atoms with Crippen molar-refractivity contribution < 1.29 is 13.9 Å². The van der Waals surface area contributed by atoms with Gasteiger partial charge < -0.3 is 10.1 Å². The second-order valence-corrected chi connectivity index (χ2v) is 5.08. The predicted octanol–water partition coefficient (Wildman–Crippen LogP) is 2.47. The van der Waals surface area contributed by atoms with Crippen molar-refractivity contribution in [2.45, 2.75) is 26.8 Å². The van der Waals surface area contributed by atoms with E-state index in [0.717, 1.165) is 11.4 Å². The van der Waals surface area contributed by atoms with Crippen LogP contribution in [0.4, 0.5) is 10.1 Å². The normalized spacial score (nSPS) is 10.7. The summed E-state index contributed by atoms with van der Waals surface area (Å²) in [4.78, 5) is 12.1. The lowest BCUT2D eigenvalue weighted by atomic mass is 10.1. The number of anilines is 1. The number of hydrogen-bond acceptors (Lipinski definition) is 3. The zero-order valence-corrected chi connectivity index (χ0v) is 13.0. The molecule has 22 heavy (non-hydrogen) atoms. The fraction of sp³-hybridized carbons (Fsp3) is 0.375. The van der Waals surface area contributed by atoms with Gasteiger partial charge in [-0.15, -0.1) is 0 Å². The predicted molar refractivity (Wildman–Crippen MR) is 82.3 cm³/mol. The molecule has 5 nitrogen and oxygen atoms in total. The molecule has 2 aromatic rings. The summed E-state index contributed by atoms with van der Waals surface area (Å²) in [6.07, 6.45) is -0.00515. The number of benzene rings is 1. The molecule has 6 heteroatoms. The van der Waals surface area contributed by atoms with Crippen molar-refractivity contribution in [2.75, 3.05) is 19.0 Å². The lowest BCUT2D eigenvalue weighted by Gasteiger charge is -2.07. The molecule has 1 aromatic heterocycles. The average Bonchev–Trinajstić information content (AvgIpc) is 2.75. The smallest absolute Gasteiger partial charge is 0.229 e. The van der Waals surface area contributed by atoms with E-state index in [4.69, 9.17) is 4.74 Å². The first-order valence-electron chi connectivity index (χ1n) is 7.09. The number of ether oxygens (including phenoxy) is 1. The maximum Gasteiger partial charge on any atom is 0.229 e. The molecule has 0 bridgehead atoms. The van der Waals surface area contributed by atoms with Crippen molar-refractivity contribution in [2.24, 2.45) is 0 Å². The van der Waals surface area contributed by atoms with E-state index in [2.05, 4.69) is 10.4 Å². The van der Waals surface area contributed by atoms with Crippen LogP contribution in [0.15, 0.2) is 24.3 Å². The molecule has 0 fully saturated rings. The minimum Gasteiger partial charge on any atom is -0.383 e. The largest absolute Gasteiger partial charge is 0.383 e. The summed E-state index contributed by atoms with van der Waals surface area (Å²) in [7, 11) is 1.63. The molecule has 0 aliphatic heterocycles. The zero-order valence-electron chi connectivity index (χ0n) is 13.0. The Hall–Kier alpha value is -2.21. The van der Waals surface area contributed by atoms with Crippen molar-refractivity contribution in [1.82, 2.24) is 9.78 Å². The lowest BCUT2D eigenvalue weighted by molar-refractivity contribution is -0.115. The number of halogens is 1. The van der Waals surface area contributed by atoms with Gasteiger partial charge in [0.15, 0.2) is 0 Å². The Morgan fingerprint density at radius 2 is 2.09 bits per heavy atom. The topological polar surface area (TPSA) is 56.1 Å². The minimum absolute atomic E-state index is 0.00515. The molecule has 0 unspecified atom stereocenters. The third-order valence-corrected chi connectivity index (χ3v) is 3.46. The number of carbonyl (C=O) groups is 1. The summed E-state index contributed by atoms with van der Waals surface area (Å²) in [5.41, 5.74) is 2.64. The summed E-state index contributed by atoms with van der Waals surface area (Å²) in [6, 6.07) is 6.27. The van der Waals surface area contributed by atoms with E-state index >= 15 is 0 Å². The molecular formula is C16H20FN3O2. The maximum atomic E-state index is 13.6. The molecule has 0 aliphatic carbocycles. The van der Waals surface area contributed by atoms with Crippen LogP contribution in [0.5, 0.6) is 0 Å². The zero-order chi connectivity index (χ0) is 16.1. The van der Waals surface area contributed by atoms with Gasteiger partial charge in [-0.25, -0.2) is 4.39 Å². The van der Waals surface area contributed by atoms with E-state index in [1.54, 1.807) is 30.0 Å². The van der Waals surface area contributed by atoms with Gasteiger partial charge in [-0.05, 0) is 25.5 Å². The van der Waals surface area contributed by atoms with Gasteiger partial charge in [-0.2, -0.15) is 5.10 Å². The fourth-order valence-corrected chi connectivity index (χ4v) is 2.27. The van der Waals surface area contributed by atoms with Crippen LogP contribution in [0, 0.1) is 19.7 Å². The fourth-order valence-electron chi connectivity index (χ4n) is 2.27. The Morgan fingerprint density at radius 1 is 1.36 bits per heavy atom. The third kappa shape index (κ3) is 3.71. The van der Waals surface area contributed by atoms with E-state index in [1.165, 1.54) is 6.07 Å². The molecule has 2 rings (SSSR count). The Morgan fingerprint density at radius 3 is 2.77 bits per heavy atom. The van der Waals surface area contributed by atoms with Crippen molar-refractivity contribution in [1.29, 1.82) is 0 Å². The lowest BCUT2D eigenvalue weighted by Crippen LogP contribution is -2.16. The van der Waals surface area contributed by atoms with Crippen LogP contribution in [0.3, 0.4) is 0 Å². The number of aromatic nitrogens is 2. The molecule has 0 saturated heterocycles. The summed E-state index contributed by atoms with van der Waals surface area (Å²) < 4.78 is 20.4. The minimum atomic E-state index is -0.373. The summed E-state index contributed by atoms with van der Waals surface area (Å²) >= 11 is 0. The Balaban J connectivity index is 2.08. The van der Waals surface area contributed by atoms with Crippen molar-refractivity contribution in [3.63, 3.8) is 0 Å². The second-order valence-electron chi connectivity index (χ2n) is 5.08. The molecule has 1 aromatic carbocycles. The van der Waals surface area contributed by atoms with Crippen molar-refractivity contribution >= 4 is 11.6 Å². The standard InChI is InChI=1S/C16H20FN3O2/c1-11-16(12(2)20(19-11)8-9-22-3)18-15(21)10-13-6-4-5-7-14(13)17/h4-7H,8-10H2,1-3H3,(H,18,21). The Kier molecular flexibility index (Phi) is 5.27. The first-order chi connectivity index (χ1) is 10.5. The molecule has 1 amide bonds. The molecule has 0 atom stereocenters. The van der Waals surface area contributed by atoms with Gasteiger partial charge in [0.25, 0.3) is 0 Å². The highest BCUT2D eigenvalue weighted by Gasteiger charge is 2.15. The van der Waals surface area contributed by atoms with Gasteiger partial charge in [-0.1, -0.05) is 18.2 Å². The molecular weight excluding hydrogens is 285 g/mol. The molecule has 1 heterocycles. The molecule has 0 spiro atoms.